The maximum atomic E-state index is 11.3. The van der Waals surface area contributed by atoms with Gasteiger partial charge in [-0.2, -0.15) is 0 Å². The van der Waals surface area contributed by atoms with Crippen LogP contribution in [0.4, 0.5) is 0 Å². The van der Waals surface area contributed by atoms with Crippen molar-refractivity contribution in [1.29, 1.82) is 0 Å². The summed E-state index contributed by atoms with van der Waals surface area (Å²) < 4.78 is 5.02. The topological polar surface area (TPSA) is 63.2 Å². The first-order valence-electron chi connectivity index (χ1n) is 5.62. The Morgan fingerprint density at radius 1 is 1.47 bits per heavy atom. The number of carbonyl (C=O) groups is 1. The molecule has 1 heterocycles. The Morgan fingerprint density at radius 2 is 2.24 bits per heavy atom. The van der Waals surface area contributed by atoms with Crippen LogP contribution in [-0.4, -0.2) is 30.6 Å². The number of hydrogen-bond donors (Lipinski definition) is 2. The van der Waals surface area contributed by atoms with Crippen LogP contribution < -0.4 is 15.4 Å². The smallest absolute Gasteiger partial charge is 0.234 e. The molecule has 94 valence electrons. The van der Waals surface area contributed by atoms with Gasteiger partial charge in [0, 0.05) is 18.7 Å². The first-order valence-corrected chi connectivity index (χ1v) is 5.62. The molecule has 17 heavy (non-hydrogen) atoms. The first-order chi connectivity index (χ1) is 8.11. The van der Waals surface area contributed by atoms with Crippen molar-refractivity contribution >= 4 is 5.91 Å². The maximum Gasteiger partial charge on any atom is 0.234 e. The molecule has 0 aromatic carbocycles. The van der Waals surface area contributed by atoms with E-state index in [0.29, 0.717) is 12.4 Å². The minimum absolute atomic E-state index is 0.0112. The van der Waals surface area contributed by atoms with Crippen molar-refractivity contribution < 1.29 is 9.53 Å². The number of nitrogens with zero attached hydrogens (tertiary/aromatic N) is 1. The van der Waals surface area contributed by atoms with Crippen LogP contribution >= 0.6 is 0 Å². The van der Waals surface area contributed by atoms with E-state index in [2.05, 4.69) is 15.6 Å². The number of aromatic nitrogens is 1. The average molecular weight is 237 g/mol. The quantitative estimate of drug-likeness (QED) is 0.764. The van der Waals surface area contributed by atoms with E-state index in [9.17, 15) is 4.79 Å². The molecule has 0 saturated heterocycles. The van der Waals surface area contributed by atoms with Crippen LogP contribution in [0.25, 0.3) is 0 Å². The van der Waals surface area contributed by atoms with Gasteiger partial charge in [-0.25, -0.2) is 4.98 Å². The highest BCUT2D eigenvalue weighted by atomic mass is 16.5. The SMILES string of the molecule is COc1cccc(CNCC(=O)NC(C)C)n1. The third-order valence-corrected chi connectivity index (χ3v) is 2.03. The third kappa shape index (κ3) is 5.31. The third-order valence-electron chi connectivity index (χ3n) is 2.03. The number of hydrogen-bond acceptors (Lipinski definition) is 4. The molecule has 1 aromatic rings. The molecule has 1 aromatic heterocycles. The summed E-state index contributed by atoms with van der Waals surface area (Å²) in [6, 6.07) is 5.71. The van der Waals surface area contributed by atoms with Crippen molar-refractivity contribution in [3.05, 3.63) is 23.9 Å². The van der Waals surface area contributed by atoms with E-state index in [0.717, 1.165) is 5.69 Å². The summed E-state index contributed by atoms with van der Waals surface area (Å²) in [5, 5.41) is 5.83. The van der Waals surface area contributed by atoms with Crippen LogP contribution in [0.2, 0.25) is 0 Å². The Balaban J connectivity index is 2.32. The second-order valence-corrected chi connectivity index (χ2v) is 4.00. The summed E-state index contributed by atoms with van der Waals surface area (Å²) in [6.45, 7) is 4.70. The van der Waals surface area contributed by atoms with Crippen molar-refractivity contribution in [2.45, 2.75) is 26.4 Å². The fourth-order valence-corrected chi connectivity index (χ4v) is 1.35. The van der Waals surface area contributed by atoms with E-state index in [-0.39, 0.29) is 18.5 Å². The van der Waals surface area contributed by atoms with Gasteiger partial charge >= 0.3 is 0 Å². The van der Waals surface area contributed by atoms with E-state index < -0.39 is 0 Å². The maximum absolute atomic E-state index is 11.3. The van der Waals surface area contributed by atoms with E-state index in [1.165, 1.54) is 0 Å². The van der Waals surface area contributed by atoms with E-state index in [1.54, 1.807) is 13.2 Å². The summed E-state index contributed by atoms with van der Waals surface area (Å²) in [5.74, 6) is 0.568. The Labute approximate surface area is 102 Å². The van der Waals surface area contributed by atoms with Gasteiger partial charge in [-0.3, -0.25) is 4.79 Å². The molecule has 1 amide bonds. The van der Waals surface area contributed by atoms with E-state index in [1.807, 2.05) is 26.0 Å². The molecule has 1 rings (SSSR count). The van der Waals surface area contributed by atoms with Crippen molar-refractivity contribution in [1.82, 2.24) is 15.6 Å². The number of carbonyl (C=O) groups excluding carboxylic acids is 1. The van der Waals surface area contributed by atoms with Gasteiger partial charge in [-0.1, -0.05) is 6.07 Å². The van der Waals surface area contributed by atoms with Gasteiger partial charge in [0.25, 0.3) is 0 Å². The Bertz CT molecular complexity index is 367. The first kappa shape index (κ1) is 13.4. The number of rotatable bonds is 6. The molecule has 0 aliphatic rings. The summed E-state index contributed by atoms with van der Waals surface area (Å²) in [6.07, 6.45) is 0. The molecule has 5 heteroatoms. The highest BCUT2D eigenvalue weighted by Crippen LogP contribution is 2.05. The van der Waals surface area contributed by atoms with Crippen molar-refractivity contribution in [3.63, 3.8) is 0 Å². The molecule has 5 nitrogen and oxygen atoms in total. The normalized spacial score (nSPS) is 10.4. The van der Waals surface area contributed by atoms with Gasteiger partial charge in [0.15, 0.2) is 0 Å². The van der Waals surface area contributed by atoms with Gasteiger partial charge in [0.05, 0.1) is 19.3 Å². The highest BCUT2D eigenvalue weighted by Gasteiger charge is 2.03. The Morgan fingerprint density at radius 3 is 2.88 bits per heavy atom. The van der Waals surface area contributed by atoms with E-state index in [4.69, 9.17) is 4.74 Å². The van der Waals surface area contributed by atoms with Crippen LogP contribution in [0.3, 0.4) is 0 Å². The molecule has 0 radical (unpaired) electrons. The molecular weight excluding hydrogens is 218 g/mol. The number of pyridine rings is 1. The molecule has 0 saturated carbocycles. The Hall–Kier alpha value is -1.62. The van der Waals surface area contributed by atoms with Gasteiger partial charge < -0.3 is 15.4 Å². The second kappa shape index (κ2) is 6.85. The number of ether oxygens (including phenoxy) is 1. The molecular formula is C12H19N3O2. The molecule has 0 aliphatic heterocycles. The van der Waals surface area contributed by atoms with Crippen LogP contribution in [0.5, 0.6) is 5.88 Å². The summed E-state index contributed by atoms with van der Waals surface area (Å²) >= 11 is 0. The van der Waals surface area contributed by atoms with Gasteiger partial charge in [0.1, 0.15) is 0 Å². The fourth-order valence-electron chi connectivity index (χ4n) is 1.35. The van der Waals surface area contributed by atoms with Crippen LogP contribution in [0.15, 0.2) is 18.2 Å². The predicted octanol–water partition coefficient (Wildman–Crippen LogP) is 0.704. The van der Waals surface area contributed by atoms with Crippen molar-refractivity contribution in [2.75, 3.05) is 13.7 Å². The number of methoxy groups -OCH3 is 1. The average Bonchev–Trinajstić information content (AvgIpc) is 2.28. The number of amides is 1. The van der Waals surface area contributed by atoms with Gasteiger partial charge in [0.2, 0.25) is 11.8 Å². The summed E-state index contributed by atoms with van der Waals surface area (Å²) in [7, 11) is 1.58. The zero-order valence-electron chi connectivity index (χ0n) is 10.5. The molecule has 0 atom stereocenters. The molecule has 0 fully saturated rings. The van der Waals surface area contributed by atoms with Crippen LogP contribution in [-0.2, 0) is 11.3 Å². The van der Waals surface area contributed by atoms with Crippen molar-refractivity contribution in [2.24, 2.45) is 0 Å². The minimum Gasteiger partial charge on any atom is -0.481 e. The fraction of sp³-hybridized carbons (Fsp3) is 0.500. The highest BCUT2D eigenvalue weighted by molar-refractivity contribution is 5.78. The summed E-state index contributed by atoms with van der Waals surface area (Å²) in [5.41, 5.74) is 0.849. The summed E-state index contributed by atoms with van der Waals surface area (Å²) in [4.78, 5) is 15.6. The van der Waals surface area contributed by atoms with Crippen molar-refractivity contribution in [3.8, 4) is 5.88 Å². The monoisotopic (exact) mass is 237 g/mol. The molecule has 0 bridgehead atoms. The lowest BCUT2D eigenvalue weighted by molar-refractivity contribution is -0.120. The van der Waals surface area contributed by atoms with Gasteiger partial charge in [-0.15, -0.1) is 0 Å². The zero-order chi connectivity index (χ0) is 12.7. The predicted molar refractivity (Wildman–Crippen MR) is 65.8 cm³/mol. The zero-order valence-corrected chi connectivity index (χ0v) is 10.5. The lowest BCUT2D eigenvalue weighted by Crippen LogP contribution is -2.37. The van der Waals surface area contributed by atoms with E-state index >= 15 is 0 Å². The van der Waals surface area contributed by atoms with Gasteiger partial charge in [-0.05, 0) is 19.9 Å². The lowest BCUT2D eigenvalue weighted by atomic mass is 10.3. The standard InChI is InChI=1S/C12H19N3O2/c1-9(2)14-11(16)8-13-7-10-5-4-6-12(15-10)17-3/h4-6,9,13H,7-8H2,1-3H3,(H,14,16). The number of nitrogens with one attached hydrogen (secondary N) is 2. The van der Waals surface area contributed by atoms with Crippen LogP contribution in [0.1, 0.15) is 19.5 Å². The Kier molecular flexibility index (Phi) is 5.42. The molecule has 0 spiro atoms. The molecule has 0 unspecified atom stereocenters. The molecule has 0 aliphatic carbocycles. The minimum atomic E-state index is -0.0112. The lowest BCUT2D eigenvalue weighted by Gasteiger charge is -2.09. The largest absolute Gasteiger partial charge is 0.481 e. The van der Waals surface area contributed by atoms with Crippen LogP contribution in [0, 0.1) is 0 Å². The second-order valence-electron chi connectivity index (χ2n) is 4.00. The molecule has 2 N–H and O–H groups in total.